The second-order valence-corrected chi connectivity index (χ2v) is 20.7. The van der Waals surface area contributed by atoms with Crippen LogP contribution in [0.5, 0.6) is 0 Å². The molecule has 0 aliphatic heterocycles. The van der Waals surface area contributed by atoms with Crippen molar-refractivity contribution < 1.29 is 33.8 Å². The first-order valence-electron chi connectivity index (χ1n) is 23.9. The van der Waals surface area contributed by atoms with E-state index in [0.29, 0.717) is 5.75 Å². The van der Waals surface area contributed by atoms with Crippen molar-refractivity contribution in [3.63, 3.8) is 0 Å². The number of hydrogen-bond acceptors (Lipinski definition) is 9. The Labute approximate surface area is 431 Å². The number of benzene rings is 6. The standard InChI is InChI=1S/C58H65N5O7S2/c1-40(70-56(2,3)4)51(62-52(65)47(59)39-72-58(44-30-18-9-19-31-44,45-32-20-10-21-33-45)46-34-22-11-23-35-46)54(67)61-49(53(66)60-48(55(68)69)36-37-71-5)38-50(64)63-57(41-24-12-6-13-25-41,42-26-14-7-15-27-42)43-28-16-8-17-29-43/h6-35,40,47-49,51H,36-39,59H2,1-5H3,(H,60,66)(H,61,67)(H,62,65)(H,63,64)(H,68,69)/t40-,47+,48+,49+,51+/m1/s1. The number of rotatable bonds is 24. The summed E-state index contributed by atoms with van der Waals surface area (Å²) in [7, 11) is 0. The van der Waals surface area contributed by atoms with Gasteiger partial charge in [0.15, 0.2) is 0 Å². The minimum atomic E-state index is -1.62. The van der Waals surface area contributed by atoms with E-state index in [1.165, 1.54) is 23.5 Å². The predicted octanol–water partition coefficient (Wildman–Crippen LogP) is 8.03. The molecular weight excluding hydrogens is 943 g/mol. The molecule has 0 aromatic heterocycles. The summed E-state index contributed by atoms with van der Waals surface area (Å²) in [4.78, 5) is 71.0. The van der Waals surface area contributed by atoms with E-state index in [-0.39, 0.29) is 12.2 Å². The Hall–Kier alpha value is -6.71. The van der Waals surface area contributed by atoms with Crippen LogP contribution in [0.15, 0.2) is 182 Å². The van der Waals surface area contributed by atoms with Gasteiger partial charge >= 0.3 is 5.97 Å². The normalized spacial score (nSPS) is 13.9. The lowest BCUT2D eigenvalue weighted by atomic mass is 9.77. The van der Waals surface area contributed by atoms with Crippen LogP contribution in [-0.2, 0) is 39.0 Å². The molecule has 0 saturated carbocycles. The summed E-state index contributed by atoms with van der Waals surface area (Å²) in [5.74, 6) is -3.80. The van der Waals surface area contributed by atoms with Crippen molar-refractivity contribution in [3.05, 3.63) is 215 Å². The van der Waals surface area contributed by atoms with Gasteiger partial charge in [0, 0.05) is 5.75 Å². The maximum Gasteiger partial charge on any atom is 0.326 e. The Balaban J connectivity index is 1.33. The van der Waals surface area contributed by atoms with Crippen molar-refractivity contribution >= 4 is 53.1 Å². The summed E-state index contributed by atoms with van der Waals surface area (Å²) in [5, 5.41) is 21.5. The van der Waals surface area contributed by atoms with E-state index in [2.05, 4.69) is 21.3 Å². The topological polar surface area (TPSA) is 189 Å². The molecule has 0 saturated heterocycles. The number of carbonyl (C=O) groups excluding carboxylic acids is 4. The van der Waals surface area contributed by atoms with Gasteiger partial charge in [0.1, 0.15) is 23.7 Å². The van der Waals surface area contributed by atoms with Gasteiger partial charge in [-0.15, -0.1) is 11.8 Å². The molecule has 0 aliphatic rings. The number of ether oxygens (including phenoxy) is 1. The number of hydrogen-bond donors (Lipinski definition) is 6. The van der Waals surface area contributed by atoms with Gasteiger partial charge in [-0.3, -0.25) is 19.2 Å². The predicted molar refractivity (Wildman–Crippen MR) is 288 cm³/mol. The molecule has 0 unspecified atom stereocenters. The van der Waals surface area contributed by atoms with Crippen LogP contribution < -0.4 is 27.0 Å². The molecule has 6 rings (SSSR count). The molecule has 0 spiro atoms. The lowest BCUT2D eigenvalue weighted by molar-refractivity contribution is -0.143. The molecule has 12 nitrogen and oxygen atoms in total. The van der Waals surface area contributed by atoms with Crippen molar-refractivity contribution in [1.82, 2.24) is 21.3 Å². The smallest absolute Gasteiger partial charge is 0.326 e. The van der Waals surface area contributed by atoms with Crippen LogP contribution in [0.4, 0.5) is 0 Å². The first-order valence-corrected chi connectivity index (χ1v) is 26.3. The highest BCUT2D eigenvalue weighted by atomic mass is 32.2. The van der Waals surface area contributed by atoms with Gasteiger partial charge in [-0.05, 0) is 79.5 Å². The quantitative estimate of drug-likeness (QED) is 0.0324. The van der Waals surface area contributed by atoms with Gasteiger partial charge in [0.25, 0.3) is 0 Å². The van der Waals surface area contributed by atoms with Crippen molar-refractivity contribution in [2.75, 3.05) is 17.8 Å². The third kappa shape index (κ3) is 13.8. The Morgan fingerprint density at radius 2 is 0.958 bits per heavy atom. The molecule has 0 fully saturated rings. The summed E-state index contributed by atoms with van der Waals surface area (Å²) in [6.07, 6.45) is 0.295. The molecule has 5 atom stereocenters. The molecule has 72 heavy (non-hydrogen) atoms. The summed E-state index contributed by atoms with van der Waals surface area (Å²) >= 11 is 2.90. The lowest BCUT2D eigenvalue weighted by Crippen LogP contribution is -2.61. The lowest BCUT2D eigenvalue weighted by Gasteiger charge is -2.37. The number of nitrogens with one attached hydrogen (secondary N) is 4. The van der Waals surface area contributed by atoms with Gasteiger partial charge in [-0.25, -0.2) is 4.79 Å². The van der Waals surface area contributed by atoms with Crippen LogP contribution in [0.25, 0.3) is 0 Å². The highest BCUT2D eigenvalue weighted by Crippen LogP contribution is 2.48. The number of thioether (sulfide) groups is 2. The molecule has 0 bridgehead atoms. The van der Waals surface area contributed by atoms with Crippen molar-refractivity contribution in [3.8, 4) is 0 Å². The summed E-state index contributed by atoms with van der Waals surface area (Å²) < 4.78 is 5.50. The third-order valence-electron chi connectivity index (χ3n) is 12.1. The molecular formula is C58H65N5O7S2. The van der Waals surface area contributed by atoms with Gasteiger partial charge in [-0.2, -0.15) is 11.8 Å². The van der Waals surface area contributed by atoms with Crippen LogP contribution in [0.2, 0.25) is 0 Å². The van der Waals surface area contributed by atoms with Gasteiger partial charge in [0.2, 0.25) is 23.6 Å². The molecule has 376 valence electrons. The van der Waals surface area contributed by atoms with Gasteiger partial charge in [-0.1, -0.05) is 182 Å². The number of amides is 4. The molecule has 6 aromatic rings. The highest BCUT2D eigenvalue weighted by Gasteiger charge is 2.42. The van der Waals surface area contributed by atoms with Crippen molar-refractivity contribution in [2.45, 2.75) is 86.7 Å². The van der Waals surface area contributed by atoms with E-state index >= 15 is 0 Å². The molecule has 0 heterocycles. The average molecular weight is 1010 g/mol. The Morgan fingerprint density at radius 3 is 1.33 bits per heavy atom. The Morgan fingerprint density at radius 1 is 0.569 bits per heavy atom. The molecule has 0 radical (unpaired) electrons. The number of aliphatic carboxylic acids is 1. The molecule has 14 heteroatoms. The van der Waals surface area contributed by atoms with E-state index in [1.807, 2.05) is 188 Å². The zero-order chi connectivity index (χ0) is 51.7. The third-order valence-corrected chi connectivity index (χ3v) is 14.5. The monoisotopic (exact) mass is 1010 g/mol. The van der Waals surface area contributed by atoms with Crippen molar-refractivity contribution in [2.24, 2.45) is 5.73 Å². The summed E-state index contributed by atoms with van der Waals surface area (Å²) in [5.41, 5.74) is 9.84. The highest BCUT2D eigenvalue weighted by molar-refractivity contribution is 8.00. The average Bonchev–Trinajstić information content (AvgIpc) is 3.39. The van der Waals surface area contributed by atoms with Gasteiger partial charge < -0.3 is 36.8 Å². The SMILES string of the molecule is CSCC[C@H](NC(=O)[C@H](CC(=O)NC(c1ccccc1)(c1ccccc1)c1ccccc1)NC(=O)[C@@H](NC(=O)[C@@H](N)CSC(c1ccccc1)(c1ccccc1)c1ccccc1)[C@@H](C)OC(C)(C)C)C(=O)O. The van der Waals surface area contributed by atoms with E-state index in [1.54, 1.807) is 27.7 Å². The fourth-order valence-electron chi connectivity index (χ4n) is 8.80. The van der Waals surface area contributed by atoms with E-state index in [9.17, 15) is 29.1 Å². The minimum Gasteiger partial charge on any atom is -0.480 e. The Bertz CT molecular complexity index is 2490. The van der Waals surface area contributed by atoms with Crippen LogP contribution in [0.3, 0.4) is 0 Å². The second kappa shape index (κ2) is 25.6. The zero-order valence-corrected chi connectivity index (χ0v) is 43.0. The summed E-state index contributed by atoms with van der Waals surface area (Å²) in [6.45, 7) is 7.04. The second-order valence-electron chi connectivity index (χ2n) is 18.5. The zero-order valence-electron chi connectivity index (χ0n) is 41.3. The van der Waals surface area contributed by atoms with E-state index < -0.39 is 82.2 Å². The van der Waals surface area contributed by atoms with E-state index in [0.717, 1.165) is 33.4 Å². The minimum absolute atomic E-state index is 0.0827. The molecule has 7 N–H and O–H groups in total. The van der Waals surface area contributed by atoms with Crippen LogP contribution in [-0.4, -0.2) is 88.3 Å². The number of nitrogens with two attached hydrogens (primary N) is 1. The maximum absolute atomic E-state index is 14.9. The number of carbonyl (C=O) groups is 5. The van der Waals surface area contributed by atoms with Crippen LogP contribution in [0, 0.1) is 0 Å². The van der Waals surface area contributed by atoms with E-state index in [4.69, 9.17) is 10.5 Å². The fourth-order valence-corrected chi connectivity index (χ4v) is 10.8. The largest absolute Gasteiger partial charge is 0.480 e. The molecule has 4 amide bonds. The number of carboxylic acid groups (broad SMARTS) is 1. The van der Waals surface area contributed by atoms with Crippen LogP contribution in [0.1, 0.15) is 73.9 Å². The van der Waals surface area contributed by atoms with Crippen LogP contribution >= 0.6 is 23.5 Å². The van der Waals surface area contributed by atoms with Gasteiger partial charge in [0.05, 0.1) is 28.9 Å². The van der Waals surface area contributed by atoms with Crippen molar-refractivity contribution in [1.29, 1.82) is 0 Å². The fraction of sp³-hybridized carbons (Fsp3) is 0.293. The Kier molecular flexibility index (Phi) is 19.4. The first-order chi connectivity index (χ1) is 34.6. The molecule has 6 aromatic carbocycles. The first kappa shape index (κ1) is 54.6. The molecule has 0 aliphatic carbocycles. The maximum atomic E-state index is 14.9. The summed E-state index contributed by atoms with van der Waals surface area (Å²) in [6, 6.07) is 52.6. The number of carboxylic acids is 1.